The summed E-state index contributed by atoms with van der Waals surface area (Å²) in [5.41, 5.74) is 8.15. The van der Waals surface area contributed by atoms with Gasteiger partial charge in [-0.05, 0) is 31.5 Å². The molecule has 1 unspecified atom stereocenters. The Morgan fingerprint density at radius 1 is 1.50 bits per heavy atom. The maximum atomic E-state index is 12.3. The molecule has 0 saturated heterocycles. The Balaban J connectivity index is 2.18. The van der Waals surface area contributed by atoms with Crippen LogP contribution in [-0.2, 0) is 11.2 Å². The summed E-state index contributed by atoms with van der Waals surface area (Å²) >= 11 is 0. The highest BCUT2D eigenvalue weighted by Crippen LogP contribution is 2.22. The molecule has 2 aromatic rings. The second-order valence-corrected chi connectivity index (χ2v) is 4.79. The average Bonchev–Trinajstić information content (AvgIpc) is 2.91. The second kappa shape index (κ2) is 5.77. The predicted octanol–water partition coefficient (Wildman–Crippen LogP) is 2.54. The van der Waals surface area contributed by atoms with Crippen LogP contribution in [0.4, 0.5) is 11.4 Å². The summed E-state index contributed by atoms with van der Waals surface area (Å²) in [6.45, 7) is 5.77. The van der Waals surface area contributed by atoms with Crippen LogP contribution in [-0.4, -0.2) is 15.5 Å². The van der Waals surface area contributed by atoms with Crippen molar-refractivity contribution in [3.63, 3.8) is 0 Å². The van der Waals surface area contributed by atoms with Crippen molar-refractivity contribution in [2.75, 3.05) is 11.1 Å². The van der Waals surface area contributed by atoms with Crippen molar-refractivity contribution in [3.8, 4) is 0 Å². The van der Waals surface area contributed by atoms with E-state index >= 15 is 0 Å². The van der Waals surface area contributed by atoms with Crippen LogP contribution in [0.15, 0.2) is 30.6 Å². The molecule has 1 heterocycles. The maximum absolute atomic E-state index is 12.3. The monoisotopic (exact) mass is 272 g/mol. The molecule has 1 aromatic heterocycles. The van der Waals surface area contributed by atoms with Crippen molar-refractivity contribution in [3.05, 3.63) is 42.0 Å². The summed E-state index contributed by atoms with van der Waals surface area (Å²) in [5.74, 6) is 0.823. The summed E-state index contributed by atoms with van der Waals surface area (Å²) in [6.07, 6.45) is 4.34. The Morgan fingerprint density at radius 3 is 2.95 bits per heavy atom. The molecule has 0 saturated carbocycles. The maximum Gasteiger partial charge on any atom is 0.247 e. The zero-order valence-corrected chi connectivity index (χ0v) is 12.1. The van der Waals surface area contributed by atoms with Gasteiger partial charge in [0, 0.05) is 30.2 Å². The fraction of sp³-hybridized carbons (Fsp3) is 0.333. The predicted molar refractivity (Wildman–Crippen MR) is 80.5 cm³/mol. The number of aromatic nitrogens is 2. The molecular formula is C15H20N4O. The second-order valence-electron chi connectivity index (χ2n) is 4.79. The van der Waals surface area contributed by atoms with E-state index in [1.165, 1.54) is 0 Å². The molecule has 0 aliphatic heterocycles. The van der Waals surface area contributed by atoms with Gasteiger partial charge in [0.05, 0.1) is 0 Å². The zero-order chi connectivity index (χ0) is 14.7. The number of hydrogen-bond acceptors (Lipinski definition) is 3. The van der Waals surface area contributed by atoms with Gasteiger partial charge in [0.2, 0.25) is 5.91 Å². The Kier molecular flexibility index (Phi) is 4.08. The molecule has 0 fully saturated rings. The van der Waals surface area contributed by atoms with E-state index < -0.39 is 0 Å². The summed E-state index contributed by atoms with van der Waals surface area (Å²) in [7, 11) is 0. The molecule has 20 heavy (non-hydrogen) atoms. The molecule has 2 rings (SSSR count). The number of nitrogens with one attached hydrogen (secondary N) is 1. The van der Waals surface area contributed by atoms with Gasteiger partial charge in [0.25, 0.3) is 0 Å². The first kappa shape index (κ1) is 14.1. The van der Waals surface area contributed by atoms with Crippen LogP contribution in [0.3, 0.4) is 0 Å². The number of aryl methyl sites for hydroxylation is 1. The van der Waals surface area contributed by atoms with Gasteiger partial charge >= 0.3 is 0 Å². The number of hydrogen-bond donors (Lipinski definition) is 2. The number of imidazole rings is 1. The summed E-state index contributed by atoms with van der Waals surface area (Å²) in [4.78, 5) is 16.6. The summed E-state index contributed by atoms with van der Waals surface area (Å²) in [5, 5.41) is 2.92. The van der Waals surface area contributed by atoms with Gasteiger partial charge in [0.1, 0.15) is 11.9 Å². The molecule has 1 amide bonds. The van der Waals surface area contributed by atoms with Crippen molar-refractivity contribution < 1.29 is 4.79 Å². The van der Waals surface area contributed by atoms with Gasteiger partial charge in [-0.3, -0.25) is 4.79 Å². The van der Waals surface area contributed by atoms with Crippen molar-refractivity contribution >= 4 is 17.3 Å². The number of carbonyl (C=O) groups is 1. The molecule has 0 bridgehead atoms. The van der Waals surface area contributed by atoms with E-state index in [4.69, 9.17) is 5.73 Å². The highest BCUT2D eigenvalue weighted by molar-refractivity contribution is 5.94. The minimum Gasteiger partial charge on any atom is -0.398 e. The molecule has 3 N–H and O–H groups in total. The van der Waals surface area contributed by atoms with Crippen molar-refractivity contribution in [2.24, 2.45) is 0 Å². The minimum absolute atomic E-state index is 0.0774. The first-order valence-corrected chi connectivity index (χ1v) is 6.72. The first-order chi connectivity index (χ1) is 9.54. The lowest BCUT2D eigenvalue weighted by atomic mass is 10.1. The van der Waals surface area contributed by atoms with Crippen molar-refractivity contribution in [1.82, 2.24) is 9.55 Å². The van der Waals surface area contributed by atoms with Crippen LogP contribution < -0.4 is 11.1 Å². The number of nitrogens with zero attached hydrogens (tertiary/aromatic N) is 2. The third-order valence-electron chi connectivity index (χ3n) is 3.50. The van der Waals surface area contributed by atoms with E-state index in [9.17, 15) is 4.79 Å². The Labute approximate surface area is 118 Å². The zero-order valence-electron chi connectivity index (χ0n) is 12.1. The van der Waals surface area contributed by atoms with E-state index in [1.807, 2.05) is 49.7 Å². The number of amides is 1. The van der Waals surface area contributed by atoms with Gasteiger partial charge in [-0.2, -0.15) is 0 Å². The van der Waals surface area contributed by atoms with Gasteiger partial charge in [-0.15, -0.1) is 0 Å². The van der Waals surface area contributed by atoms with E-state index in [1.54, 1.807) is 6.20 Å². The molecular weight excluding hydrogens is 252 g/mol. The molecule has 106 valence electrons. The Hall–Kier alpha value is -2.30. The SMILES string of the molecule is CCc1nccn1C(C)C(=O)Nc1cccc(N)c1C. The summed E-state index contributed by atoms with van der Waals surface area (Å²) in [6, 6.07) is 5.19. The van der Waals surface area contributed by atoms with E-state index in [-0.39, 0.29) is 11.9 Å². The first-order valence-electron chi connectivity index (χ1n) is 6.72. The van der Waals surface area contributed by atoms with Crippen LogP contribution in [0, 0.1) is 6.92 Å². The molecule has 1 aromatic carbocycles. The molecule has 1 atom stereocenters. The number of nitrogen functional groups attached to an aromatic ring is 1. The molecule has 0 aliphatic rings. The molecule has 0 aliphatic carbocycles. The molecule has 0 spiro atoms. The lowest BCUT2D eigenvalue weighted by Crippen LogP contribution is -2.25. The van der Waals surface area contributed by atoms with E-state index in [2.05, 4.69) is 10.3 Å². The van der Waals surface area contributed by atoms with Crippen molar-refractivity contribution in [1.29, 1.82) is 0 Å². The highest BCUT2D eigenvalue weighted by Gasteiger charge is 2.18. The lowest BCUT2D eigenvalue weighted by Gasteiger charge is -2.17. The van der Waals surface area contributed by atoms with Gasteiger partial charge in [0.15, 0.2) is 0 Å². The smallest absolute Gasteiger partial charge is 0.247 e. The van der Waals surface area contributed by atoms with Crippen LogP contribution >= 0.6 is 0 Å². The minimum atomic E-state index is -0.312. The van der Waals surface area contributed by atoms with Crippen LogP contribution in [0.1, 0.15) is 31.3 Å². The number of nitrogens with two attached hydrogens (primary N) is 1. The third-order valence-corrected chi connectivity index (χ3v) is 3.50. The average molecular weight is 272 g/mol. The van der Waals surface area contributed by atoms with Crippen LogP contribution in [0.25, 0.3) is 0 Å². The number of anilines is 2. The standard InChI is InChI=1S/C15H20N4O/c1-4-14-17-8-9-19(14)11(3)15(20)18-13-7-5-6-12(16)10(13)2/h5-9,11H,4,16H2,1-3H3,(H,18,20). The van der Waals surface area contributed by atoms with Gasteiger partial charge in [-0.25, -0.2) is 4.98 Å². The molecule has 0 radical (unpaired) electrons. The fourth-order valence-corrected chi connectivity index (χ4v) is 2.12. The molecule has 5 heteroatoms. The molecule has 5 nitrogen and oxygen atoms in total. The largest absolute Gasteiger partial charge is 0.398 e. The topological polar surface area (TPSA) is 72.9 Å². The summed E-state index contributed by atoms with van der Waals surface area (Å²) < 4.78 is 1.89. The van der Waals surface area contributed by atoms with Crippen LogP contribution in [0.5, 0.6) is 0 Å². The quantitative estimate of drug-likeness (QED) is 0.840. The third kappa shape index (κ3) is 2.66. The highest BCUT2D eigenvalue weighted by atomic mass is 16.2. The lowest BCUT2D eigenvalue weighted by molar-refractivity contribution is -0.118. The Morgan fingerprint density at radius 2 is 2.25 bits per heavy atom. The number of benzene rings is 1. The van der Waals surface area contributed by atoms with E-state index in [0.29, 0.717) is 5.69 Å². The van der Waals surface area contributed by atoms with Gasteiger partial charge < -0.3 is 15.6 Å². The van der Waals surface area contributed by atoms with Gasteiger partial charge in [-0.1, -0.05) is 13.0 Å². The van der Waals surface area contributed by atoms with Crippen LogP contribution in [0.2, 0.25) is 0 Å². The Bertz CT molecular complexity index is 618. The van der Waals surface area contributed by atoms with Crippen molar-refractivity contribution in [2.45, 2.75) is 33.2 Å². The number of carbonyl (C=O) groups excluding carboxylic acids is 1. The fourth-order valence-electron chi connectivity index (χ4n) is 2.12. The number of rotatable bonds is 4. The normalized spacial score (nSPS) is 12.2. The van der Waals surface area contributed by atoms with E-state index in [0.717, 1.165) is 23.5 Å².